The first-order valence-electron chi connectivity index (χ1n) is 7.20. The number of hydrogen-bond donors (Lipinski definition) is 0. The van der Waals surface area contributed by atoms with E-state index in [9.17, 15) is 9.59 Å². The van der Waals surface area contributed by atoms with Crippen LogP contribution in [0.2, 0.25) is 0 Å². The average molecular weight is 295 g/mol. The molecule has 0 saturated heterocycles. The fourth-order valence-electron chi connectivity index (χ4n) is 2.74. The first-order chi connectivity index (χ1) is 10.6. The Morgan fingerprint density at radius 1 is 1.18 bits per heavy atom. The molecule has 0 aliphatic carbocycles. The molecule has 0 saturated carbocycles. The summed E-state index contributed by atoms with van der Waals surface area (Å²) in [4.78, 5) is 26.6. The Balaban J connectivity index is 2.07. The second-order valence-electron chi connectivity index (χ2n) is 5.33. The quantitative estimate of drug-likeness (QED) is 0.854. The van der Waals surface area contributed by atoms with Crippen LogP contribution in [0.4, 0.5) is 5.69 Å². The summed E-state index contributed by atoms with van der Waals surface area (Å²) in [7, 11) is 1.57. The molecule has 0 atom stereocenters. The van der Waals surface area contributed by atoms with Crippen LogP contribution < -0.4 is 9.64 Å². The van der Waals surface area contributed by atoms with Crippen LogP contribution in [0, 0.1) is 6.92 Å². The number of carbonyl (C=O) groups excluding carboxylic acids is 2. The summed E-state index contributed by atoms with van der Waals surface area (Å²) >= 11 is 0. The van der Waals surface area contributed by atoms with Crippen LogP contribution in [0.1, 0.15) is 32.7 Å². The maximum atomic E-state index is 12.9. The zero-order valence-corrected chi connectivity index (χ0v) is 12.6. The highest BCUT2D eigenvalue weighted by atomic mass is 16.5. The summed E-state index contributed by atoms with van der Waals surface area (Å²) in [5.41, 5.74) is 2.79. The van der Waals surface area contributed by atoms with Crippen molar-refractivity contribution in [3.8, 4) is 5.75 Å². The van der Waals surface area contributed by atoms with Crippen LogP contribution >= 0.6 is 0 Å². The lowest BCUT2D eigenvalue weighted by Crippen LogP contribution is -2.37. The van der Waals surface area contributed by atoms with Crippen LogP contribution in [-0.2, 0) is 0 Å². The highest BCUT2D eigenvalue weighted by molar-refractivity contribution is 6.14. The van der Waals surface area contributed by atoms with Crippen molar-refractivity contribution in [1.82, 2.24) is 0 Å². The molecule has 3 rings (SSSR count). The van der Waals surface area contributed by atoms with Crippen LogP contribution in [0.15, 0.2) is 42.5 Å². The van der Waals surface area contributed by atoms with Gasteiger partial charge in [-0.3, -0.25) is 9.59 Å². The van der Waals surface area contributed by atoms with Gasteiger partial charge in [-0.25, -0.2) is 0 Å². The summed E-state index contributed by atoms with van der Waals surface area (Å²) in [6, 6.07) is 12.7. The molecule has 112 valence electrons. The highest BCUT2D eigenvalue weighted by Gasteiger charge is 2.28. The largest absolute Gasteiger partial charge is 0.497 e. The second-order valence-corrected chi connectivity index (χ2v) is 5.33. The van der Waals surface area contributed by atoms with Crippen LogP contribution in [0.25, 0.3) is 0 Å². The number of rotatable bonds is 2. The minimum absolute atomic E-state index is 0.0616. The molecule has 1 heterocycles. The van der Waals surface area contributed by atoms with Crippen molar-refractivity contribution < 1.29 is 14.3 Å². The third-order valence-corrected chi connectivity index (χ3v) is 3.98. The van der Waals surface area contributed by atoms with E-state index in [1.807, 2.05) is 31.2 Å². The predicted molar refractivity (Wildman–Crippen MR) is 84.8 cm³/mol. The third-order valence-electron chi connectivity index (χ3n) is 3.98. The number of Topliss-reactive ketones (excluding diaryl/α,β-unsaturated/α-hetero) is 1. The van der Waals surface area contributed by atoms with Gasteiger partial charge in [0.15, 0.2) is 5.78 Å². The molecule has 1 aliphatic rings. The Labute approximate surface area is 129 Å². The van der Waals surface area contributed by atoms with Gasteiger partial charge >= 0.3 is 0 Å². The molecular weight excluding hydrogens is 278 g/mol. The van der Waals surface area contributed by atoms with Crippen molar-refractivity contribution in [1.29, 1.82) is 0 Å². The number of nitrogens with zero attached hydrogens (tertiary/aromatic N) is 1. The summed E-state index contributed by atoms with van der Waals surface area (Å²) < 4.78 is 5.22. The number of amides is 1. The number of benzene rings is 2. The topological polar surface area (TPSA) is 46.6 Å². The van der Waals surface area contributed by atoms with Crippen molar-refractivity contribution in [3.05, 3.63) is 59.2 Å². The number of ketones is 1. The minimum Gasteiger partial charge on any atom is -0.497 e. The van der Waals surface area contributed by atoms with E-state index in [0.717, 1.165) is 5.56 Å². The number of fused-ring (bicyclic) bond motifs is 1. The molecule has 2 aromatic rings. The average Bonchev–Trinajstić information content (AvgIpc) is 2.54. The van der Waals surface area contributed by atoms with Gasteiger partial charge < -0.3 is 9.64 Å². The van der Waals surface area contributed by atoms with Crippen molar-refractivity contribution in [3.63, 3.8) is 0 Å². The number of carbonyl (C=O) groups is 2. The van der Waals surface area contributed by atoms with Gasteiger partial charge in [0, 0.05) is 30.2 Å². The van der Waals surface area contributed by atoms with Gasteiger partial charge in [-0.1, -0.05) is 18.2 Å². The summed E-state index contributed by atoms with van der Waals surface area (Å²) in [5, 5.41) is 0. The second kappa shape index (κ2) is 5.64. The van der Waals surface area contributed by atoms with Crippen LogP contribution in [0.5, 0.6) is 5.75 Å². The molecule has 0 N–H and O–H groups in total. The maximum absolute atomic E-state index is 12.9. The standard InChI is InChI=1S/C18H17NO3/c1-12-5-3-4-6-14(12)18(21)19-10-9-17(20)15-8-7-13(22-2)11-16(15)19/h3-8,11H,9-10H2,1-2H3. The van der Waals surface area contributed by atoms with Crippen LogP contribution in [0.3, 0.4) is 0 Å². The van der Waals surface area contributed by atoms with E-state index in [0.29, 0.717) is 35.5 Å². The van der Waals surface area contributed by atoms with Crippen molar-refractivity contribution in [2.24, 2.45) is 0 Å². The van der Waals surface area contributed by atoms with Gasteiger partial charge in [0.1, 0.15) is 5.75 Å². The van der Waals surface area contributed by atoms with Crippen molar-refractivity contribution in [2.45, 2.75) is 13.3 Å². The van der Waals surface area contributed by atoms with E-state index in [1.165, 1.54) is 0 Å². The zero-order valence-electron chi connectivity index (χ0n) is 12.6. The summed E-state index contributed by atoms with van der Waals surface area (Å²) in [6.07, 6.45) is 0.344. The Hall–Kier alpha value is -2.62. The first kappa shape index (κ1) is 14.3. The van der Waals surface area contributed by atoms with Crippen molar-refractivity contribution in [2.75, 3.05) is 18.6 Å². The fourth-order valence-corrected chi connectivity index (χ4v) is 2.74. The third kappa shape index (κ3) is 2.37. The van der Waals surface area contributed by atoms with Gasteiger partial charge in [0.2, 0.25) is 0 Å². The molecule has 4 heteroatoms. The van der Waals surface area contributed by atoms with E-state index in [-0.39, 0.29) is 11.7 Å². The Bertz CT molecular complexity index is 752. The van der Waals surface area contributed by atoms with E-state index in [4.69, 9.17) is 4.74 Å². The Morgan fingerprint density at radius 3 is 2.68 bits per heavy atom. The highest BCUT2D eigenvalue weighted by Crippen LogP contribution is 2.32. The monoisotopic (exact) mass is 295 g/mol. The summed E-state index contributed by atoms with van der Waals surface area (Å²) in [5.74, 6) is 0.614. The zero-order chi connectivity index (χ0) is 15.7. The molecule has 0 bridgehead atoms. The van der Waals surface area contributed by atoms with E-state index in [1.54, 1.807) is 30.2 Å². The minimum atomic E-state index is -0.0832. The number of ether oxygens (including phenoxy) is 1. The molecule has 0 spiro atoms. The van der Waals surface area contributed by atoms with Gasteiger partial charge in [-0.2, -0.15) is 0 Å². The number of hydrogen-bond acceptors (Lipinski definition) is 3. The molecule has 22 heavy (non-hydrogen) atoms. The lowest BCUT2D eigenvalue weighted by Gasteiger charge is -2.29. The molecule has 0 unspecified atom stereocenters. The van der Waals surface area contributed by atoms with E-state index in [2.05, 4.69) is 0 Å². The number of methoxy groups -OCH3 is 1. The maximum Gasteiger partial charge on any atom is 0.258 e. The lowest BCUT2D eigenvalue weighted by molar-refractivity contribution is 0.0955. The van der Waals surface area contributed by atoms with Gasteiger partial charge in [0.25, 0.3) is 5.91 Å². The first-order valence-corrected chi connectivity index (χ1v) is 7.20. The van der Waals surface area contributed by atoms with Crippen molar-refractivity contribution >= 4 is 17.4 Å². The molecule has 0 radical (unpaired) electrons. The molecular formula is C18H17NO3. The summed E-state index contributed by atoms with van der Waals surface area (Å²) in [6.45, 7) is 2.31. The van der Waals surface area contributed by atoms with Crippen LogP contribution in [-0.4, -0.2) is 25.3 Å². The predicted octanol–water partition coefficient (Wildman–Crippen LogP) is 3.24. The Morgan fingerprint density at radius 2 is 1.95 bits per heavy atom. The molecule has 2 aromatic carbocycles. The Kier molecular flexibility index (Phi) is 3.67. The van der Waals surface area contributed by atoms with E-state index < -0.39 is 0 Å². The molecule has 4 nitrogen and oxygen atoms in total. The van der Waals surface area contributed by atoms with Gasteiger partial charge in [-0.15, -0.1) is 0 Å². The van der Waals surface area contributed by atoms with Gasteiger partial charge in [-0.05, 0) is 30.7 Å². The number of anilines is 1. The normalized spacial score (nSPS) is 13.7. The smallest absolute Gasteiger partial charge is 0.258 e. The molecule has 0 fully saturated rings. The molecule has 1 aliphatic heterocycles. The lowest BCUT2D eigenvalue weighted by atomic mass is 9.98. The molecule has 0 aromatic heterocycles. The fraction of sp³-hybridized carbons (Fsp3) is 0.222. The van der Waals surface area contributed by atoms with E-state index >= 15 is 0 Å². The molecule has 1 amide bonds. The number of aryl methyl sites for hydroxylation is 1. The SMILES string of the molecule is COc1ccc2c(c1)N(C(=O)c1ccccc1C)CCC2=O. The van der Waals surface area contributed by atoms with Gasteiger partial charge in [0.05, 0.1) is 12.8 Å².